The van der Waals surface area contributed by atoms with Crippen LogP contribution in [0.4, 0.5) is 16.2 Å². The third-order valence-corrected chi connectivity index (χ3v) is 8.47. The first-order valence-electron chi connectivity index (χ1n) is 14.4. The lowest BCUT2D eigenvalue weighted by Gasteiger charge is -2.34. The van der Waals surface area contributed by atoms with Crippen LogP contribution in [0.15, 0.2) is 54.6 Å². The van der Waals surface area contributed by atoms with Crippen LogP contribution in [0.2, 0.25) is 10.0 Å². The fourth-order valence-electron chi connectivity index (χ4n) is 5.31. The SMILES string of the molecule is C[C@@H]1CN([C@H](C)CO)C(=O)Cc2cc(NC(=O)Nc3ccc4c(c3)OCO4)ccc2O[C@@H]1CN(C)Cc1ccc(Cl)c(Cl)c1. The van der Waals surface area contributed by atoms with Crippen molar-refractivity contribution >= 4 is 46.5 Å². The van der Waals surface area contributed by atoms with E-state index in [0.717, 1.165) is 5.56 Å². The highest BCUT2D eigenvalue weighted by atomic mass is 35.5. The van der Waals surface area contributed by atoms with Gasteiger partial charge in [-0.15, -0.1) is 0 Å². The summed E-state index contributed by atoms with van der Waals surface area (Å²) in [5.41, 5.74) is 2.69. The van der Waals surface area contributed by atoms with Crippen molar-refractivity contribution in [2.75, 3.05) is 44.2 Å². The molecule has 3 amide bonds. The van der Waals surface area contributed by atoms with Crippen molar-refractivity contribution in [1.82, 2.24) is 9.80 Å². The summed E-state index contributed by atoms with van der Waals surface area (Å²) < 4.78 is 17.3. The Kier molecular flexibility index (Phi) is 10.1. The fourth-order valence-corrected chi connectivity index (χ4v) is 5.64. The Hall–Kier alpha value is -3.70. The molecule has 0 bridgehead atoms. The zero-order valence-electron chi connectivity index (χ0n) is 24.8. The maximum absolute atomic E-state index is 13.5. The minimum absolute atomic E-state index is 0.0531. The average molecular weight is 644 g/mol. The number of urea groups is 1. The second kappa shape index (κ2) is 13.9. The van der Waals surface area contributed by atoms with E-state index in [0.29, 0.717) is 63.9 Å². The topological polar surface area (TPSA) is 113 Å². The number of fused-ring (bicyclic) bond motifs is 2. The summed E-state index contributed by atoms with van der Waals surface area (Å²) >= 11 is 12.3. The van der Waals surface area contributed by atoms with Crippen LogP contribution in [0.25, 0.3) is 0 Å². The van der Waals surface area contributed by atoms with Gasteiger partial charge in [-0.2, -0.15) is 0 Å². The molecule has 5 rings (SSSR count). The van der Waals surface area contributed by atoms with Gasteiger partial charge in [-0.3, -0.25) is 9.69 Å². The molecule has 0 aromatic heterocycles. The first kappa shape index (κ1) is 31.7. The molecule has 0 saturated heterocycles. The largest absolute Gasteiger partial charge is 0.488 e. The quantitative estimate of drug-likeness (QED) is 0.291. The Morgan fingerprint density at radius 3 is 2.45 bits per heavy atom. The van der Waals surface area contributed by atoms with E-state index < -0.39 is 6.03 Å². The van der Waals surface area contributed by atoms with Crippen LogP contribution in [0, 0.1) is 5.92 Å². The van der Waals surface area contributed by atoms with Crippen LogP contribution in [0.5, 0.6) is 17.2 Å². The summed E-state index contributed by atoms with van der Waals surface area (Å²) in [7, 11) is 2.00. The lowest BCUT2D eigenvalue weighted by atomic mass is 10.0. The molecule has 0 aliphatic carbocycles. The molecular weight excluding hydrogens is 607 g/mol. The zero-order valence-corrected chi connectivity index (χ0v) is 26.3. The van der Waals surface area contributed by atoms with E-state index >= 15 is 0 Å². The van der Waals surface area contributed by atoms with E-state index in [4.69, 9.17) is 37.4 Å². The number of anilines is 2. The van der Waals surface area contributed by atoms with E-state index in [1.54, 1.807) is 47.4 Å². The molecule has 0 unspecified atom stereocenters. The van der Waals surface area contributed by atoms with Gasteiger partial charge in [0, 0.05) is 48.6 Å². The molecule has 0 fully saturated rings. The molecular formula is C32H36Cl2N4O6. The Bertz CT molecular complexity index is 1520. The minimum Gasteiger partial charge on any atom is -0.488 e. The smallest absolute Gasteiger partial charge is 0.323 e. The molecule has 0 radical (unpaired) electrons. The van der Waals surface area contributed by atoms with E-state index in [2.05, 4.69) is 15.5 Å². The molecule has 3 atom stereocenters. The van der Waals surface area contributed by atoms with Gasteiger partial charge in [-0.25, -0.2) is 4.79 Å². The van der Waals surface area contributed by atoms with Gasteiger partial charge in [0.2, 0.25) is 12.7 Å². The van der Waals surface area contributed by atoms with E-state index in [-0.39, 0.29) is 43.8 Å². The second-order valence-electron chi connectivity index (χ2n) is 11.3. The number of halogens is 2. The van der Waals surface area contributed by atoms with E-state index in [1.165, 1.54) is 0 Å². The van der Waals surface area contributed by atoms with Crippen LogP contribution in [0.1, 0.15) is 25.0 Å². The number of amides is 3. The fraction of sp³-hybridized carbons (Fsp3) is 0.375. The maximum Gasteiger partial charge on any atom is 0.323 e. The van der Waals surface area contributed by atoms with Crippen molar-refractivity contribution in [3.63, 3.8) is 0 Å². The molecule has 3 aromatic carbocycles. The zero-order chi connectivity index (χ0) is 31.4. The number of nitrogens with zero attached hydrogens (tertiary/aromatic N) is 2. The van der Waals surface area contributed by atoms with Crippen molar-refractivity contribution in [3.05, 3.63) is 75.8 Å². The van der Waals surface area contributed by atoms with Gasteiger partial charge in [-0.1, -0.05) is 36.2 Å². The second-order valence-corrected chi connectivity index (χ2v) is 12.1. The highest BCUT2D eigenvalue weighted by Crippen LogP contribution is 2.34. The molecule has 0 spiro atoms. The summed E-state index contributed by atoms with van der Waals surface area (Å²) in [5.74, 6) is 1.56. The summed E-state index contributed by atoms with van der Waals surface area (Å²) in [5, 5.41) is 16.6. The molecule has 44 heavy (non-hydrogen) atoms. The number of likely N-dealkylation sites (N-methyl/N-ethyl adjacent to an activating group) is 1. The summed E-state index contributed by atoms with van der Waals surface area (Å²) in [4.78, 5) is 30.2. The lowest BCUT2D eigenvalue weighted by Crippen LogP contribution is -2.47. The number of benzene rings is 3. The number of ether oxygens (including phenoxy) is 3. The maximum atomic E-state index is 13.5. The molecule has 0 saturated carbocycles. The van der Waals surface area contributed by atoms with E-state index in [1.807, 2.05) is 33.0 Å². The molecule has 2 aliphatic heterocycles. The molecule has 234 valence electrons. The number of rotatable bonds is 8. The normalized spacial score (nSPS) is 18.5. The van der Waals surface area contributed by atoms with Gasteiger partial charge in [-0.05, 0) is 62.0 Å². The molecule has 12 heteroatoms. The molecule has 10 nitrogen and oxygen atoms in total. The lowest BCUT2D eigenvalue weighted by molar-refractivity contribution is -0.134. The third kappa shape index (κ3) is 7.68. The number of nitrogens with one attached hydrogen (secondary N) is 2. The van der Waals surface area contributed by atoms with Crippen LogP contribution in [-0.4, -0.2) is 72.5 Å². The Balaban J connectivity index is 1.34. The van der Waals surface area contributed by atoms with Crippen LogP contribution in [-0.2, 0) is 17.8 Å². The van der Waals surface area contributed by atoms with Crippen LogP contribution >= 0.6 is 23.2 Å². The molecule has 3 N–H and O–H groups in total. The van der Waals surface area contributed by atoms with Crippen LogP contribution < -0.4 is 24.8 Å². The number of aliphatic hydroxyl groups excluding tert-OH is 1. The predicted octanol–water partition coefficient (Wildman–Crippen LogP) is 5.65. The highest BCUT2D eigenvalue weighted by molar-refractivity contribution is 6.42. The molecule has 3 aromatic rings. The number of carbonyl (C=O) groups excluding carboxylic acids is 2. The predicted molar refractivity (Wildman–Crippen MR) is 170 cm³/mol. The Morgan fingerprint density at radius 1 is 1.02 bits per heavy atom. The van der Waals surface area contributed by atoms with Crippen molar-refractivity contribution < 1.29 is 28.9 Å². The van der Waals surface area contributed by atoms with Crippen molar-refractivity contribution in [1.29, 1.82) is 0 Å². The first-order valence-corrected chi connectivity index (χ1v) is 15.1. The number of carbonyl (C=O) groups is 2. The van der Waals surface area contributed by atoms with E-state index in [9.17, 15) is 14.7 Å². The van der Waals surface area contributed by atoms with Gasteiger partial charge in [0.05, 0.1) is 29.1 Å². The monoisotopic (exact) mass is 642 g/mol. The first-order chi connectivity index (χ1) is 21.1. The van der Waals surface area contributed by atoms with Crippen molar-refractivity contribution in [3.8, 4) is 17.2 Å². The Morgan fingerprint density at radius 2 is 1.73 bits per heavy atom. The summed E-state index contributed by atoms with van der Waals surface area (Å²) in [6.07, 6.45) is -0.230. The summed E-state index contributed by atoms with van der Waals surface area (Å²) in [6, 6.07) is 15.2. The molecule has 2 heterocycles. The standard InChI is InChI=1S/C32H36Cl2N4O6/c1-19-14-38(20(2)17-39)31(40)12-22-11-23(35-32(41)36-24-6-9-28-29(13-24)43-18-42-28)5-8-27(22)44-30(19)16-37(3)15-21-4-7-25(33)26(34)10-21/h4-11,13,19-20,30,39H,12,14-18H2,1-3H3,(H2,35,36,41)/t19-,20-,30-/m1/s1. The average Bonchev–Trinajstić information content (AvgIpc) is 3.46. The van der Waals surface area contributed by atoms with Gasteiger partial charge < -0.3 is 34.9 Å². The Labute approximate surface area is 266 Å². The number of aliphatic hydroxyl groups is 1. The summed E-state index contributed by atoms with van der Waals surface area (Å²) in [6.45, 7) is 5.46. The van der Waals surface area contributed by atoms with Crippen LogP contribution in [0.3, 0.4) is 0 Å². The third-order valence-electron chi connectivity index (χ3n) is 7.73. The van der Waals surface area contributed by atoms with Gasteiger partial charge >= 0.3 is 6.03 Å². The van der Waals surface area contributed by atoms with Gasteiger partial charge in [0.25, 0.3) is 0 Å². The van der Waals surface area contributed by atoms with Crippen molar-refractivity contribution in [2.45, 2.75) is 39.0 Å². The number of hydrogen-bond donors (Lipinski definition) is 3. The van der Waals surface area contributed by atoms with Gasteiger partial charge in [0.15, 0.2) is 11.5 Å². The highest BCUT2D eigenvalue weighted by Gasteiger charge is 2.31. The number of hydrogen-bond acceptors (Lipinski definition) is 7. The van der Waals surface area contributed by atoms with Crippen molar-refractivity contribution in [2.24, 2.45) is 5.92 Å². The molecule has 2 aliphatic rings. The van der Waals surface area contributed by atoms with Gasteiger partial charge in [0.1, 0.15) is 11.9 Å². The minimum atomic E-state index is -0.454.